The molecular formula is C21H23NO4S. The molecule has 1 N–H and O–H groups in total. The van der Waals surface area contributed by atoms with Gasteiger partial charge in [0.1, 0.15) is 16.7 Å². The number of amides is 1. The average molecular weight is 385 g/mol. The summed E-state index contributed by atoms with van der Waals surface area (Å²) in [6.45, 7) is 0.604. The van der Waals surface area contributed by atoms with Crippen LogP contribution in [0.5, 0.6) is 0 Å². The fourth-order valence-corrected chi connectivity index (χ4v) is 4.81. The SMILES string of the molecule is COC(=O)c1c(-c2ccc3c(c2)CCCC3)csc1NC(=O)[C@H]1CCCO1. The van der Waals surface area contributed by atoms with Crippen molar-refractivity contribution in [3.63, 3.8) is 0 Å². The van der Waals surface area contributed by atoms with E-state index in [1.165, 1.54) is 42.4 Å². The van der Waals surface area contributed by atoms with Crippen LogP contribution in [0.25, 0.3) is 11.1 Å². The lowest BCUT2D eigenvalue weighted by molar-refractivity contribution is -0.124. The number of benzene rings is 1. The molecule has 2 aliphatic rings. The first-order valence-corrected chi connectivity index (χ1v) is 10.3. The zero-order valence-corrected chi connectivity index (χ0v) is 16.2. The smallest absolute Gasteiger partial charge is 0.341 e. The molecule has 6 heteroatoms. The van der Waals surface area contributed by atoms with E-state index in [9.17, 15) is 9.59 Å². The topological polar surface area (TPSA) is 64.6 Å². The van der Waals surface area contributed by atoms with Crippen LogP contribution in [0.4, 0.5) is 5.00 Å². The molecule has 1 atom stereocenters. The summed E-state index contributed by atoms with van der Waals surface area (Å²) in [6, 6.07) is 6.40. The number of anilines is 1. The minimum Gasteiger partial charge on any atom is -0.465 e. The van der Waals surface area contributed by atoms with Crippen molar-refractivity contribution in [2.45, 2.75) is 44.6 Å². The summed E-state index contributed by atoms with van der Waals surface area (Å²) in [5.74, 6) is -0.636. The molecule has 1 saturated heterocycles. The predicted octanol–water partition coefficient (Wildman–Crippen LogP) is 4.20. The van der Waals surface area contributed by atoms with Crippen molar-refractivity contribution >= 4 is 28.2 Å². The first-order valence-electron chi connectivity index (χ1n) is 9.42. The molecule has 0 unspecified atom stereocenters. The second-order valence-corrected chi connectivity index (χ2v) is 7.91. The maximum Gasteiger partial charge on any atom is 0.341 e. The number of esters is 1. The van der Waals surface area contributed by atoms with Crippen molar-refractivity contribution in [1.29, 1.82) is 0 Å². The molecule has 1 aliphatic carbocycles. The molecule has 1 aromatic carbocycles. The third kappa shape index (κ3) is 3.64. The van der Waals surface area contributed by atoms with Gasteiger partial charge in [-0.3, -0.25) is 4.79 Å². The molecule has 4 rings (SSSR count). The molecule has 142 valence electrons. The molecule has 1 aliphatic heterocycles. The average Bonchev–Trinajstić information content (AvgIpc) is 3.37. The van der Waals surface area contributed by atoms with Crippen molar-refractivity contribution in [3.05, 3.63) is 40.3 Å². The second-order valence-electron chi connectivity index (χ2n) is 7.03. The van der Waals surface area contributed by atoms with Crippen LogP contribution in [0.2, 0.25) is 0 Å². The Morgan fingerprint density at radius 3 is 2.74 bits per heavy atom. The summed E-state index contributed by atoms with van der Waals surface area (Å²) < 4.78 is 10.4. The number of hydrogen-bond donors (Lipinski definition) is 1. The van der Waals surface area contributed by atoms with E-state index >= 15 is 0 Å². The Hall–Kier alpha value is -2.18. The van der Waals surface area contributed by atoms with Gasteiger partial charge in [0.05, 0.1) is 7.11 Å². The minimum absolute atomic E-state index is 0.198. The van der Waals surface area contributed by atoms with Crippen molar-refractivity contribution in [3.8, 4) is 11.1 Å². The summed E-state index contributed by atoms with van der Waals surface area (Å²) in [5, 5.41) is 5.32. The van der Waals surface area contributed by atoms with Gasteiger partial charge in [0.15, 0.2) is 0 Å². The molecular weight excluding hydrogens is 362 g/mol. The van der Waals surface area contributed by atoms with Gasteiger partial charge in [-0.25, -0.2) is 4.79 Å². The van der Waals surface area contributed by atoms with Gasteiger partial charge in [0.2, 0.25) is 0 Å². The van der Waals surface area contributed by atoms with Crippen LogP contribution in [-0.4, -0.2) is 31.7 Å². The number of nitrogens with one attached hydrogen (secondary N) is 1. The molecule has 0 saturated carbocycles. The number of thiophene rings is 1. The second kappa shape index (κ2) is 7.82. The molecule has 27 heavy (non-hydrogen) atoms. The molecule has 0 spiro atoms. The number of carbonyl (C=O) groups excluding carboxylic acids is 2. The number of carbonyl (C=O) groups is 2. The van der Waals surface area contributed by atoms with Crippen LogP contribution >= 0.6 is 11.3 Å². The highest BCUT2D eigenvalue weighted by atomic mass is 32.1. The quantitative estimate of drug-likeness (QED) is 0.801. The van der Waals surface area contributed by atoms with Crippen molar-refractivity contribution in [2.75, 3.05) is 19.0 Å². The van der Waals surface area contributed by atoms with Gasteiger partial charge < -0.3 is 14.8 Å². The maximum absolute atomic E-state index is 12.5. The van der Waals surface area contributed by atoms with Gasteiger partial charge in [-0.1, -0.05) is 18.2 Å². The molecule has 2 heterocycles. The maximum atomic E-state index is 12.5. The monoisotopic (exact) mass is 385 g/mol. The standard InChI is InChI=1S/C21H23NO4S/c1-25-21(24)18-16(15-9-8-13-5-2-3-6-14(13)11-15)12-27-20(18)22-19(23)17-7-4-10-26-17/h8-9,11-12,17H,2-7,10H2,1H3,(H,22,23)/t17-/m1/s1. The van der Waals surface area contributed by atoms with Crippen LogP contribution < -0.4 is 5.32 Å². The Kier molecular flexibility index (Phi) is 5.27. The summed E-state index contributed by atoms with van der Waals surface area (Å²) in [5.41, 5.74) is 4.97. The Morgan fingerprint density at radius 1 is 1.19 bits per heavy atom. The Morgan fingerprint density at radius 2 is 2.00 bits per heavy atom. The fourth-order valence-electron chi connectivity index (χ4n) is 3.84. The number of hydrogen-bond acceptors (Lipinski definition) is 5. The molecule has 0 radical (unpaired) electrons. The van der Waals surface area contributed by atoms with E-state index in [0.717, 1.165) is 30.4 Å². The fraction of sp³-hybridized carbons (Fsp3) is 0.429. The van der Waals surface area contributed by atoms with Gasteiger partial charge in [-0.2, -0.15) is 0 Å². The van der Waals surface area contributed by atoms with E-state index in [-0.39, 0.29) is 5.91 Å². The number of rotatable bonds is 4. The molecule has 5 nitrogen and oxygen atoms in total. The van der Waals surface area contributed by atoms with Crippen LogP contribution in [-0.2, 0) is 27.1 Å². The minimum atomic E-state index is -0.440. The molecule has 0 bridgehead atoms. The van der Waals surface area contributed by atoms with Gasteiger partial charge in [0.25, 0.3) is 5.91 Å². The zero-order valence-electron chi connectivity index (χ0n) is 15.4. The summed E-state index contributed by atoms with van der Waals surface area (Å²) >= 11 is 1.35. The Bertz CT molecular complexity index is 867. The number of aryl methyl sites for hydroxylation is 2. The molecule has 1 fully saturated rings. The lowest BCUT2D eigenvalue weighted by Crippen LogP contribution is -2.27. The summed E-state index contributed by atoms with van der Waals surface area (Å²) in [7, 11) is 1.36. The van der Waals surface area contributed by atoms with E-state index in [1.54, 1.807) is 0 Å². The third-order valence-corrected chi connectivity index (χ3v) is 6.19. The predicted molar refractivity (Wildman–Crippen MR) is 105 cm³/mol. The van der Waals surface area contributed by atoms with Gasteiger partial charge in [0, 0.05) is 17.6 Å². The van der Waals surface area contributed by atoms with Gasteiger partial charge in [-0.05, 0) is 55.2 Å². The zero-order chi connectivity index (χ0) is 18.8. The van der Waals surface area contributed by atoms with E-state index in [1.807, 2.05) is 5.38 Å². The lowest BCUT2D eigenvalue weighted by atomic mass is 9.89. The van der Waals surface area contributed by atoms with E-state index in [2.05, 4.69) is 23.5 Å². The molecule has 1 aromatic heterocycles. The van der Waals surface area contributed by atoms with Crippen LogP contribution in [0, 0.1) is 0 Å². The van der Waals surface area contributed by atoms with E-state index in [0.29, 0.717) is 23.6 Å². The highest BCUT2D eigenvalue weighted by Gasteiger charge is 2.28. The van der Waals surface area contributed by atoms with Crippen molar-refractivity contribution in [1.82, 2.24) is 0 Å². The third-order valence-electron chi connectivity index (χ3n) is 5.30. The summed E-state index contributed by atoms with van der Waals surface area (Å²) in [6.07, 6.45) is 5.78. The summed E-state index contributed by atoms with van der Waals surface area (Å²) in [4.78, 5) is 24.9. The highest BCUT2D eigenvalue weighted by Crippen LogP contribution is 2.38. The molecule has 1 amide bonds. The lowest BCUT2D eigenvalue weighted by Gasteiger charge is -2.17. The largest absolute Gasteiger partial charge is 0.465 e. The highest BCUT2D eigenvalue weighted by molar-refractivity contribution is 7.15. The van der Waals surface area contributed by atoms with Crippen LogP contribution in [0.1, 0.15) is 47.2 Å². The van der Waals surface area contributed by atoms with Crippen molar-refractivity contribution < 1.29 is 19.1 Å². The van der Waals surface area contributed by atoms with Gasteiger partial charge in [-0.15, -0.1) is 11.3 Å². The van der Waals surface area contributed by atoms with Crippen molar-refractivity contribution in [2.24, 2.45) is 0 Å². The Balaban J connectivity index is 1.67. The Labute approximate surface area is 162 Å². The van der Waals surface area contributed by atoms with E-state index < -0.39 is 12.1 Å². The number of fused-ring (bicyclic) bond motifs is 1. The number of ether oxygens (including phenoxy) is 2. The molecule has 2 aromatic rings. The number of methoxy groups -OCH3 is 1. The van der Waals surface area contributed by atoms with E-state index in [4.69, 9.17) is 9.47 Å². The first kappa shape index (κ1) is 18.2. The first-order chi connectivity index (χ1) is 13.2. The van der Waals surface area contributed by atoms with Crippen LogP contribution in [0.3, 0.4) is 0 Å². The normalized spacial score (nSPS) is 18.8. The van der Waals surface area contributed by atoms with Crippen LogP contribution in [0.15, 0.2) is 23.6 Å². The van der Waals surface area contributed by atoms with Gasteiger partial charge >= 0.3 is 5.97 Å².